The average Bonchev–Trinajstić information content (AvgIpc) is 2.89. The van der Waals surface area contributed by atoms with Crippen LogP contribution in [0, 0.1) is 23.7 Å². The third kappa shape index (κ3) is 10.9. The van der Waals surface area contributed by atoms with Crippen LogP contribution in [0.25, 0.3) is 0 Å². The predicted molar refractivity (Wildman–Crippen MR) is 151 cm³/mol. The largest absolute Gasteiger partial charge is 0.491 e. The van der Waals surface area contributed by atoms with E-state index in [1.165, 1.54) is 82.6 Å². The van der Waals surface area contributed by atoms with Gasteiger partial charge >= 0.3 is 0 Å². The Balaban J connectivity index is 1.25. The van der Waals surface area contributed by atoms with Crippen molar-refractivity contribution in [3.05, 3.63) is 40.9 Å². The lowest BCUT2D eigenvalue weighted by molar-refractivity contribution is 0.0980. The number of rotatable bonds is 15. The quantitative estimate of drug-likeness (QED) is 0.175. The molecule has 1 aromatic rings. The van der Waals surface area contributed by atoms with E-state index in [0.29, 0.717) is 13.2 Å². The maximum Gasteiger partial charge on any atom is 0.120 e. The molecule has 0 bridgehead atoms. The van der Waals surface area contributed by atoms with Crippen molar-refractivity contribution in [3.63, 3.8) is 0 Å². The number of benzene rings is 1. The van der Waals surface area contributed by atoms with Crippen molar-refractivity contribution in [1.82, 2.24) is 0 Å². The van der Waals surface area contributed by atoms with Crippen LogP contribution >= 0.6 is 11.6 Å². The summed E-state index contributed by atoms with van der Waals surface area (Å²) in [6, 6.07) is 6.16. The smallest absolute Gasteiger partial charge is 0.120 e. The summed E-state index contributed by atoms with van der Waals surface area (Å²) in [5.41, 5.74) is 1.25. The van der Waals surface area contributed by atoms with Gasteiger partial charge in [0, 0.05) is 11.6 Å². The zero-order valence-electron chi connectivity index (χ0n) is 22.6. The van der Waals surface area contributed by atoms with Crippen molar-refractivity contribution in [2.75, 3.05) is 19.8 Å². The molecule has 0 radical (unpaired) electrons. The van der Waals surface area contributed by atoms with Crippen LogP contribution in [0.1, 0.15) is 109 Å². The van der Waals surface area contributed by atoms with E-state index < -0.39 is 0 Å². The second-order valence-electron chi connectivity index (χ2n) is 11.2. The molecule has 1 aromatic carbocycles. The van der Waals surface area contributed by atoms with Crippen molar-refractivity contribution in [1.29, 1.82) is 0 Å². The van der Waals surface area contributed by atoms with Crippen LogP contribution in [0.5, 0.6) is 5.75 Å². The topological polar surface area (TPSA) is 18.5 Å². The van der Waals surface area contributed by atoms with Gasteiger partial charge < -0.3 is 9.47 Å². The minimum absolute atomic E-state index is 0.581. The first-order valence-electron chi connectivity index (χ1n) is 14.8. The van der Waals surface area contributed by atoms with Crippen LogP contribution in [-0.4, -0.2) is 19.8 Å². The Kier molecular flexibility index (Phi) is 13.6. The Morgan fingerprint density at radius 3 is 2.11 bits per heavy atom. The summed E-state index contributed by atoms with van der Waals surface area (Å²) in [5.74, 6) is 4.50. The molecule has 0 heterocycles. The fraction of sp³-hybridized carbons (Fsp3) is 0.750. The Morgan fingerprint density at radius 2 is 1.49 bits per heavy atom. The second kappa shape index (κ2) is 16.7. The Morgan fingerprint density at radius 1 is 0.800 bits per heavy atom. The first-order valence-corrected chi connectivity index (χ1v) is 15.2. The second-order valence-corrected chi connectivity index (χ2v) is 11.6. The molecule has 2 fully saturated rings. The van der Waals surface area contributed by atoms with Crippen LogP contribution in [-0.2, 0) is 11.2 Å². The Bertz CT molecular complexity index is 714. The molecule has 0 saturated heterocycles. The lowest BCUT2D eigenvalue weighted by Gasteiger charge is -2.28. The molecule has 198 valence electrons. The fourth-order valence-corrected chi connectivity index (χ4v) is 6.17. The van der Waals surface area contributed by atoms with Crippen LogP contribution in [0.4, 0.5) is 0 Å². The van der Waals surface area contributed by atoms with E-state index in [1.54, 1.807) is 0 Å². The van der Waals surface area contributed by atoms with Gasteiger partial charge in [0.15, 0.2) is 0 Å². The lowest BCUT2D eigenvalue weighted by Crippen LogP contribution is -2.15. The minimum Gasteiger partial charge on any atom is -0.491 e. The Hall–Kier alpha value is -0.990. The standard InChI is InChI=1S/C32H51ClO2/c1-3-5-22-34-23-24-35-31-21-20-30(32(33)25-31)9-7-6-8-27-14-16-29(17-15-27)19-18-28-12-10-26(4-2)11-13-28/h18-21,25-29H,3-17,22-24H2,1-2H3. The summed E-state index contributed by atoms with van der Waals surface area (Å²) in [4.78, 5) is 0. The van der Waals surface area contributed by atoms with Crippen LogP contribution in [0.15, 0.2) is 30.4 Å². The Labute approximate surface area is 221 Å². The molecule has 3 heteroatoms. The molecule has 3 rings (SSSR count). The third-order valence-electron chi connectivity index (χ3n) is 8.49. The summed E-state index contributed by atoms with van der Waals surface area (Å²) in [6.07, 6.45) is 25.3. The van der Waals surface area contributed by atoms with Gasteiger partial charge in [-0.2, -0.15) is 0 Å². The molecule has 2 nitrogen and oxygen atoms in total. The number of unbranched alkanes of at least 4 members (excludes halogenated alkanes) is 2. The molecule has 2 saturated carbocycles. The molecular formula is C32H51ClO2. The highest BCUT2D eigenvalue weighted by molar-refractivity contribution is 6.31. The molecule has 0 N–H and O–H groups in total. The molecule has 2 aliphatic carbocycles. The predicted octanol–water partition coefficient (Wildman–Crippen LogP) is 9.83. The lowest BCUT2D eigenvalue weighted by atomic mass is 9.77. The molecule has 0 aliphatic heterocycles. The minimum atomic E-state index is 0.581. The summed E-state index contributed by atoms with van der Waals surface area (Å²) >= 11 is 6.54. The maximum atomic E-state index is 6.54. The van der Waals surface area contributed by atoms with Gasteiger partial charge in [0.25, 0.3) is 0 Å². The van der Waals surface area contributed by atoms with Crippen LogP contribution in [0.3, 0.4) is 0 Å². The van der Waals surface area contributed by atoms with Gasteiger partial charge in [-0.3, -0.25) is 0 Å². The normalized spacial score (nSPS) is 25.2. The van der Waals surface area contributed by atoms with Crippen molar-refractivity contribution in [2.45, 2.75) is 110 Å². The highest BCUT2D eigenvalue weighted by Gasteiger charge is 2.21. The van der Waals surface area contributed by atoms with Gasteiger partial charge in [-0.05, 0) is 112 Å². The van der Waals surface area contributed by atoms with Crippen LogP contribution < -0.4 is 4.74 Å². The zero-order valence-corrected chi connectivity index (χ0v) is 23.4. The average molecular weight is 503 g/mol. The third-order valence-corrected chi connectivity index (χ3v) is 8.84. The van der Waals surface area contributed by atoms with Crippen molar-refractivity contribution < 1.29 is 9.47 Å². The first kappa shape index (κ1) is 28.6. The van der Waals surface area contributed by atoms with E-state index in [9.17, 15) is 0 Å². The monoisotopic (exact) mass is 502 g/mol. The number of aryl methyl sites for hydroxylation is 1. The molecular weight excluding hydrogens is 452 g/mol. The molecule has 0 unspecified atom stereocenters. The number of allylic oxidation sites excluding steroid dienone is 2. The molecule has 2 aliphatic rings. The number of ether oxygens (including phenoxy) is 2. The van der Waals surface area contributed by atoms with E-state index in [4.69, 9.17) is 21.1 Å². The van der Waals surface area contributed by atoms with Gasteiger partial charge in [-0.1, -0.05) is 69.4 Å². The number of halogens is 1. The van der Waals surface area contributed by atoms with Gasteiger partial charge in [-0.25, -0.2) is 0 Å². The van der Waals surface area contributed by atoms with E-state index in [1.807, 2.05) is 6.07 Å². The highest BCUT2D eigenvalue weighted by atomic mass is 35.5. The van der Waals surface area contributed by atoms with Crippen LogP contribution in [0.2, 0.25) is 5.02 Å². The van der Waals surface area contributed by atoms with E-state index in [2.05, 4.69) is 38.1 Å². The van der Waals surface area contributed by atoms with E-state index in [-0.39, 0.29) is 0 Å². The summed E-state index contributed by atoms with van der Waals surface area (Å²) in [6.45, 7) is 6.56. The SMILES string of the molecule is CCCCOCCOc1ccc(CCCCC2CCC(C=CC3CCC(CC)CC3)CC2)c(Cl)c1. The summed E-state index contributed by atoms with van der Waals surface area (Å²) in [7, 11) is 0. The van der Waals surface area contributed by atoms with E-state index >= 15 is 0 Å². The van der Waals surface area contributed by atoms with Gasteiger partial charge in [-0.15, -0.1) is 0 Å². The molecule has 0 atom stereocenters. The molecule has 0 spiro atoms. The number of hydrogen-bond donors (Lipinski definition) is 0. The van der Waals surface area contributed by atoms with Gasteiger partial charge in [0.1, 0.15) is 12.4 Å². The molecule has 35 heavy (non-hydrogen) atoms. The van der Waals surface area contributed by atoms with E-state index in [0.717, 1.165) is 60.3 Å². The molecule has 0 aromatic heterocycles. The van der Waals surface area contributed by atoms with Gasteiger partial charge in [0.05, 0.1) is 6.61 Å². The number of hydrogen-bond acceptors (Lipinski definition) is 2. The van der Waals surface area contributed by atoms with Crippen molar-refractivity contribution in [3.8, 4) is 5.75 Å². The highest BCUT2D eigenvalue weighted by Crippen LogP contribution is 2.35. The van der Waals surface area contributed by atoms with Gasteiger partial charge in [0.2, 0.25) is 0 Å². The first-order chi connectivity index (χ1) is 17.2. The fourth-order valence-electron chi connectivity index (χ4n) is 5.91. The molecule has 0 amide bonds. The summed E-state index contributed by atoms with van der Waals surface area (Å²) in [5, 5.41) is 0.838. The zero-order chi connectivity index (χ0) is 24.7. The van der Waals surface area contributed by atoms with Crippen molar-refractivity contribution >= 4 is 11.6 Å². The maximum absolute atomic E-state index is 6.54. The summed E-state index contributed by atoms with van der Waals surface area (Å²) < 4.78 is 11.3. The van der Waals surface area contributed by atoms with Crippen molar-refractivity contribution in [2.24, 2.45) is 23.7 Å².